The van der Waals surface area contributed by atoms with E-state index in [9.17, 15) is 9.59 Å². The Kier molecular flexibility index (Phi) is 3.74. The Hall–Kier alpha value is -0.903. The molecule has 0 radical (unpaired) electrons. The molecule has 1 aliphatic heterocycles. The molecule has 3 nitrogen and oxygen atoms in total. The molecular weight excluding hydrogens is 158 g/mol. The maximum Gasteiger partial charge on any atom is 0.254 e. The molecule has 0 bridgehead atoms. The standard InChI is InChI=1S/C6H7NO2.CH6Si/c1-3-4(2)6(9)7-5(3)8;1-2/h1-2H3,(H,7,8,9);1-2H3. The second-order valence-corrected chi connectivity index (χ2v) is 2.03. The van der Waals surface area contributed by atoms with Gasteiger partial charge in [-0.2, -0.15) is 0 Å². The number of hydrogen-bond acceptors (Lipinski definition) is 2. The molecule has 0 aromatic heterocycles. The lowest BCUT2D eigenvalue weighted by Crippen LogP contribution is -2.22. The highest BCUT2D eigenvalue weighted by molar-refractivity contribution is 6.18. The molecule has 0 aromatic rings. The second-order valence-electron chi connectivity index (χ2n) is 2.03. The van der Waals surface area contributed by atoms with Crippen molar-refractivity contribution in [2.75, 3.05) is 0 Å². The number of rotatable bonds is 0. The summed E-state index contributed by atoms with van der Waals surface area (Å²) in [7, 11) is 1.31. The fraction of sp³-hybridized carbons (Fsp3) is 0.429. The maximum atomic E-state index is 10.6. The first-order valence-electron chi connectivity index (χ1n) is 3.66. The summed E-state index contributed by atoms with van der Waals surface area (Å²) in [5.74, 6) is -0.532. The summed E-state index contributed by atoms with van der Waals surface area (Å²) in [5, 5.41) is 2.16. The first-order chi connectivity index (χ1) is 5.13. The summed E-state index contributed by atoms with van der Waals surface area (Å²) in [6.07, 6.45) is 0. The van der Waals surface area contributed by atoms with Crippen molar-refractivity contribution in [3.8, 4) is 0 Å². The van der Waals surface area contributed by atoms with E-state index in [-0.39, 0.29) is 11.8 Å². The zero-order valence-electron chi connectivity index (χ0n) is 7.32. The van der Waals surface area contributed by atoms with Crippen LogP contribution >= 0.6 is 0 Å². The van der Waals surface area contributed by atoms with Crippen LogP contribution < -0.4 is 5.32 Å². The SMILES string of the molecule is CC1=C(C)C(=O)NC1=O.C[SiH3]. The zero-order valence-corrected chi connectivity index (χ0v) is 9.32. The molecule has 1 N–H and O–H groups in total. The van der Waals surface area contributed by atoms with Crippen molar-refractivity contribution < 1.29 is 9.59 Å². The molecule has 0 aliphatic carbocycles. The van der Waals surface area contributed by atoms with Crippen molar-refractivity contribution in [1.82, 2.24) is 5.32 Å². The van der Waals surface area contributed by atoms with E-state index in [0.29, 0.717) is 11.1 Å². The first-order valence-corrected chi connectivity index (χ1v) is 5.66. The lowest BCUT2D eigenvalue weighted by atomic mass is 10.2. The van der Waals surface area contributed by atoms with E-state index in [4.69, 9.17) is 0 Å². The number of hydrogen-bond donors (Lipinski definition) is 1. The Bertz CT molecular complexity index is 198. The second kappa shape index (κ2) is 4.08. The smallest absolute Gasteiger partial charge is 0.254 e. The van der Waals surface area contributed by atoms with Crippen molar-refractivity contribution in [2.45, 2.75) is 20.4 Å². The van der Waals surface area contributed by atoms with Gasteiger partial charge in [0.05, 0.1) is 0 Å². The number of carbonyl (C=O) groups excluding carboxylic acids is 2. The number of nitrogens with one attached hydrogen (secondary N) is 1. The normalized spacial score (nSPS) is 16.3. The number of amides is 2. The Balaban J connectivity index is 0.000000461. The minimum absolute atomic E-state index is 0.266. The molecule has 0 unspecified atom stereocenters. The Morgan fingerprint density at radius 2 is 1.27 bits per heavy atom. The van der Waals surface area contributed by atoms with Crippen LogP contribution in [0.4, 0.5) is 0 Å². The summed E-state index contributed by atoms with van der Waals surface area (Å²) >= 11 is 0. The molecular formula is C7H13NO2Si. The van der Waals surface area contributed by atoms with Gasteiger partial charge in [-0.05, 0) is 24.1 Å². The topological polar surface area (TPSA) is 46.2 Å². The lowest BCUT2D eigenvalue weighted by molar-refractivity contribution is -0.124. The highest BCUT2D eigenvalue weighted by Gasteiger charge is 2.22. The van der Waals surface area contributed by atoms with Crippen molar-refractivity contribution >= 4 is 22.1 Å². The Morgan fingerprint density at radius 1 is 1.00 bits per heavy atom. The van der Waals surface area contributed by atoms with Crippen LogP contribution in [-0.2, 0) is 9.59 Å². The van der Waals surface area contributed by atoms with E-state index < -0.39 is 0 Å². The predicted molar refractivity (Wildman–Crippen MR) is 47.3 cm³/mol. The van der Waals surface area contributed by atoms with Crippen molar-refractivity contribution in [2.24, 2.45) is 0 Å². The molecule has 0 atom stereocenters. The third kappa shape index (κ3) is 2.01. The van der Waals surface area contributed by atoms with E-state index in [1.54, 1.807) is 13.8 Å². The van der Waals surface area contributed by atoms with Crippen LogP contribution in [0, 0.1) is 0 Å². The Morgan fingerprint density at radius 3 is 1.36 bits per heavy atom. The molecule has 2 amide bonds. The molecule has 0 aromatic carbocycles. The van der Waals surface area contributed by atoms with Crippen LogP contribution in [-0.4, -0.2) is 22.1 Å². The lowest BCUT2D eigenvalue weighted by Gasteiger charge is -1.84. The van der Waals surface area contributed by atoms with Crippen LogP contribution in [0.3, 0.4) is 0 Å². The van der Waals surface area contributed by atoms with E-state index in [2.05, 4.69) is 11.9 Å². The fourth-order valence-electron chi connectivity index (χ4n) is 0.631. The van der Waals surface area contributed by atoms with Crippen molar-refractivity contribution in [3.05, 3.63) is 11.1 Å². The summed E-state index contributed by atoms with van der Waals surface area (Å²) in [5.41, 5.74) is 1.06. The molecule has 1 heterocycles. The van der Waals surface area contributed by atoms with Gasteiger partial charge >= 0.3 is 0 Å². The fourth-order valence-corrected chi connectivity index (χ4v) is 0.631. The van der Waals surface area contributed by atoms with Crippen LogP contribution in [0.25, 0.3) is 0 Å². The van der Waals surface area contributed by atoms with E-state index in [1.165, 1.54) is 10.2 Å². The molecule has 0 saturated carbocycles. The van der Waals surface area contributed by atoms with Crippen LogP contribution in [0.2, 0.25) is 6.55 Å². The molecule has 0 saturated heterocycles. The predicted octanol–water partition coefficient (Wildman–Crippen LogP) is -0.621. The summed E-state index contributed by atoms with van der Waals surface area (Å²) in [6.45, 7) is 5.41. The van der Waals surface area contributed by atoms with Crippen molar-refractivity contribution in [1.29, 1.82) is 0 Å². The molecule has 0 fully saturated rings. The number of carbonyl (C=O) groups is 2. The van der Waals surface area contributed by atoms with Gasteiger partial charge in [-0.25, -0.2) is 0 Å². The molecule has 62 valence electrons. The van der Waals surface area contributed by atoms with Crippen molar-refractivity contribution in [3.63, 3.8) is 0 Å². The molecule has 1 aliphatic rings. The quantitative estimate of drug-likeness (QED) is 0.390. The van der Waals surface area contributed by atoms with Gasteiger partial charge in [0.15, 0.2) is 0 Å². The number of imide groups is 1. The third-order valence-electron chi connectivity index (χ3n) is 1.47. The van der Waals surface area contributed by atoms with E-state index in [1.807, 2.05) is 0 Å². The van der Waals surface area contributed by atoms with Gasteiger partial charge in [-0.15, -0.1) is 0 Å². The van der Waals surface area contributed by atoms with E-state index >= 15 is 0 Å². The zero-order chi connectivity index (χ0) is 9.02. The molecule has 11 heavy (non-hydrogen) atoms. The van der Waals surface area contributed by atoms with Crippen LogP contribution in [0.1, 0.15) is 13.8 Å². The van der Waals surface area contributed by atoms with Gasteiger partial charge in [-0.3, -0.25) is 14.9 Å². The van der Waals surface area contributed by atoms with Crippen LogP contribution in [0.5, 0.6) is 0 Å². The largest absolute Gasteiger partial charge is 0.289 e. The highest BCUT2D eigenvalue weighted by Crippen LogP contribution is 2.09. The van der Waals surface area contributed by atoms with Gasteiger partial charge in [-0.1, -0.05) is 6.55 Å². The molecule has 1 rings (SSSR count). The summed E-state index contributed by atoms with van der Waals surface area (Å²) in [4.78, 5) is 21.2. The minimum atomic E-state index is -0.266. The van der Waals surface area contributed by atoms with Gasteiger partial charge < -0.3 is 0 Å². The van der Waals surface area contributed by atoms with Gasteiger partial charge in [0.2, 0.25) is 0 Å². The average molecular weight is 171 g/mol. The Labute approximate surface area is 69.3 Å². The minimum Gasteiger partial charge on any atom is -0.289 e. The molecule has 0 spiro atoms. The summed E-state index contributed by atoms with van der Waals surface area (Å²) < 4.78 is 0. The van der Waals surface area contributed by atoms with E-state index in [0.717, 1.165) is 0 Å². The molecule has 4 heteroatoms. The average Bonchev–Trinajstić information content (AvgIpc) is 2.22. The van der Waals surface area contributed by atoms with Gasteiger partial charge in [0.25, 0.3) is 11.8 Å². The monoisotopic (exact) mass is 171 g/mol. The first kappa shape index (κ1) is 10.1. The third-order valence-corrected chi connectivity index (χ3v) is 1.47. The van der Waals surface area contributed by atoms with Gasteiger partial charge in [0, 0.05) is 11.1 Å². The van der Waals surface area contributed by atoms with Crippen LogP contribution in [0.15, 0.2) is 11.1 Å². The van der Waals surface area contributed by atoms with Gasteiger partial charge in [0.1, 0.15) is 0 Å². The highest BCUT2D eigenvalue weighted by atomic mass is 28.1. The maximum absolute atomic E-state index is 10.6. The summed E-state index contributed by atoms with van der Waals surface area (Å²) in [6, 6.07) is 0.